The fraction of sp³-hybridized carbons (Fsp3) is 0.698. The number of hydrogen-bond donors (Lipinski definition) is 2. The lowest BCUT2D eigenvalue weighted by molar-refractivity contribution is -0.227. The van der Waals surface area contributed by atoms with Crippen molar-refractivity contribution in [1.82, 2.24) is 9.80 Å². The maximum atomic E-state index is 13.9. The van der Waals surface area contributed by atoms with Gasteiger partial charge in [-0.25, -0.2) is 4.79 Å². The number of carbonyl (C=O) groups excluding carboxylic acids is 1. The Hall–Kier alpha value is -2.93. The van der Waals surface area contributed by atoms with Crippen LogP contribution < -0.4 is 0 Å². The van der Waals surface area contributed by atoms with E-state index in [1.54, 1.807) is 12.1 Å². The third-order valence-corrected chi connectivity index (χ3v) is 16.0. The van der Waals surface area contributed by atoms with Gasteiger partial charge in [0, 0.05) is 18.6 Å². The summed E-state index contributed by atoms with van der Waals surface area (Å²) < 4.78 is 0. The number of rotatable bonds is 9. The van der Waals surface area contributed by atoms with Gasteiger partial charge in [0.15, 0.2) is 0 Å². The molecule has 4 saturated carbocycles. The van der Waals surface area contributed by atoms with E-state index >= 15 is 0 Å². The zero-order chi connectivity index (χ0) is 36.6. The summed E-state index contributed by atoms with van der Waals surface area (Å²) in [5, 5.41) is 19.2. The number of carbonyl (C=O) groups is 3. The number of aliphatic carboxylic acids is 1. The molecule has 0 aliphatic heterocycles. The van der Waals surface area contributed by atoms with Crippen LogP contribution in [0.4, 0.5) is 0 Å². The predicted molar refractivity (Wildman–Crippen MR) is 199 cm³/mol. The number of benzene rings is 1. The Balaban J connectivity index is 1.37. The molecular weight excluding hydrogens is 624 g/mol. The van der Waals surface area contributed by atoms with Crippen molar-refractivity contribution in [3.63, 3.8) is 0 Å². The Morgan fingerprint density at radius 3 is 2.12 bits per heavy atom. The van der Waals surface area contributed by atoms with Crippen LogP contribution in [0.15, 0.2) is 42.5 Å². The number of fused-ring (bicyclic) bond motifs is 7. The smallest absolute Gasteiger partial charge is 0.335 e. The zero-order valence-corrected chi connectivity index (χ0v) is 32.0. The number of carboxylic acids is 2. The van der Waals surface area contributed by atoms with Crippen LogP contribution in [0.2, 0.25) is 0 Å². The molecule has 274 valence electrons. The molecule has 0 unspecified atom stereocenters. The normalized spacial score (nSPS) is 38.6. The van der Waals surface area contributed by atoms with Gasteiger partial charge >= 0.3 is 11.9 Å². The van der Waals surface area contributed by atoms with Crippen molar-refractivity contribution >= 4 is 23.4 Å². The highest BCUT2D eigenvalue weighted by Gasteiger charge is 2.71. The first-order valence-electron chi connectivity index (χ1n) is 19.2. The van der Waals surface area contributed by atoms with Crippen LogP contribution in [0.5, 0.6) is 0 Å². The minimum Gasteiger partial charge on any atom is -0.481 e. The molecule has 0 bridgehead atoms. The summed E-state index contributed by atoms with van der Waals surface area (Å²) in [6.45, 7) is 20.6. The largest absolute Gasteiger partial charge is 0.481 e. The average molecular weight is 687 g/mol. The van der Waals surface area contributed by atoms with Gasteiger partial charge in [-0.1, -0.05) is 65.0 Å². The summed E-state index contributed by atoms with van der Waals surface area (Å²) in [6.07, 6.45) is 11.7. The van der Waals surface area contributed by atoms with Gasteiger partial charge in [-0.05, 0) is 153 Å². The molecule has 1 amide bonds. The molecule has 50 heavy (non-hydrogen) atoms. The van der Waals surface area contributed by atoms with Gasteiger partial charge < -0.3 is 20.0 Å². The number of carboxylic acid groups (broad SMARTS) is 2. The van der Waals surface area contributed by atoms with Crippen molar-refractivity contribution in [2.45, 2.75) is 111 Å². The highest BCUT2D eigenvalue weighted by Crippen LogP contribution is 2.77. The summed E-state index contributed by atoms with van der Waals surface area (Å²) in [7, 11) is 4.05. The van der Waals surface area contributed by atoms with Crippen molar-refractivity contribution in [2.24, 2.45) is 51.2 Å². The van der Waals surface area contributed by atoms with Crippen molar-refractivity contribution in [3.8, 4) is 0 Å². The number of aromatic carboxylic acids is 1. The first kappa shape index (κ1) is 36.8. The lowest BCUT2D eigenvalue weighted by atomic mass is 9.33. The Kier molecular flexibility index (Phi) is 9.31. The van der Waals surface area contributed by atoms with E-state index in [0.29, 0.717) is 42.3 Å². The molecule has 1 aromatic carbocycles. The van der Waals surface area contributed by atoms with Crippen LogP contribution in [0.1, 0.15) is 122 Å². The molecule has 0 heterocycles. The fourth-order valence-electron chi connectivity index (χ4n) is 13.6. The lowest BCUT2D eigenvalue weighted by Gasteiger charge is -2.73. The lowest BCUT2D eigenvalue weighted by Crippen LogP contribution is -2.69. The minimum absolute atomic E-state index is 0.0491. The van der Waals surface area contributed by atoms with E-state index in [4.69, 9.17) is 0 Å². The monoisotopic (exact) mass is 686 g/mol. The van der Waals surface area contributed by atoms with E-state index < -0.39 is 18.4 Å². The highest BCUT2D eigenvalue weighted by molar-refractivity contribution is 5.94. The first-order valence-corrected chi connectivity index (χ1v) is 19.2. The minimum atomic E-state index is -1.05. The molecule has 4 fully saturated rings. The predicted octanol–water partition coefficient (Wildman–Crippen LogP) is 8.65. The second-order valence-electron chi connectivity index (χ2n) is 18.6. The van der Waals surface area contributed by atoms with Crippen molar-refractivity contribution in [1.29, 1.82) is 0 Å². The van der Waals surface area contributed by atoms with Crippen molar-refractivity contribution in [3.05, 3.63) is 53.6 Å². The first-order chi connectivity index (χ1) is 23.3. The van der Waals surface area contributed by atoms with Gasteiger partial charge in [-0.15, -0.1) is 0 Å². The molecule has 9 atom stereocenters. The second kappa shape index (κ2) is 12.6. The quantitative estimate of drug-likeness (QED) is 0.199. The van der Waals surface area contributed by atoms with Crippen LogP contribution in [0, 0.1) is 51.2 Å². The third kappa shape index (κ3) is 5.42. The van der Waals surface area contributed by atoms with Crippen LogP contribution in [-0.4, -0.2) is 70.6 Å². The molecule has 5 aliphatic carbocycles. The van der Waals surface area contributed by atoms with E-state index in [-0.39, 0.29) is 39.0 Å². The zero-order valence-electron chi connectivity index (χ0n) is 32.0. The SMILES string of the molecule is C=C(C)[C@@H]1CC[C@]2(N(CCN(C)C)C(=O)CC(=O)O)CC[C@]3(C)[C@H](CC[C@@H]4[C@@]5(C)CC=C(c6ccc(C(=O)O)cc6)C(C)(C)[C@@H]5CC[C@]43C)[C@@H]12. The summed E-state index contributed by atoms with van der Waals surface area (Å²) in [6, 6.07) is 7.47. The topological polar surface area (TPSA) is 98.2 Å². The van der Waals surface area contributed by atoms with E-state index in [2.05, 4.69) is 64.0 Å². The summed E-state index contributed by atoms with van der Waals surface area (Å²) in [5.41, 5.74) is 4.02. The number of likely N-dealkylation sites (N-methyl/N-ethyl adjacent to an activating group) is 1. The van der Waals surface area contributed by atoms with Crippen LogP contribution in [-0.2, 0) is 9.59 Å². The molecule has 7 heteroatoms. The van der Waals surface area contributed by atoms with E-state index in [9.17, 15) is 24.6 Å². The summed E-state index contributed by atoms with van der Waals surface area (Å²) in [4.78, 5) is 41.5. The van der Waals surface area contributed by atoms with Crippen molar-refractivity contribution in [2.75, 3.05) is 27.2 Å². The van der Waals surface area contributed by atoms with E-state index in [1.807, 2.05) is 26.2 Å². The van der Waals surface area contributed by atoms with Crippen LogP contribution >= 0.6 is 0 Å². The van der Waals surface area contributed by atoms with Crippen LogP contribution in [0.3, 0.4) is 0 Å². The van der Waals surface area contributed by atoms with E-state index in [1.165, 1.54) is 24.0 Å². The Bertz CT molecular complexity index is 1580. The summed E-state index contributed by atoms with van der Waals surface area (Å²) >= 11 is 0. The molecule has 6 rings (SSSR count). The molecule has 7 nitrogen and oxygen atoms in total. The standard InChI is InChI=1S/C43H62N2O5/c1-27(2)30-16-21-43(45(25-24-44(8)9)35(46)26-36(47)48)23-22-41(6)32(37(30)43)14-15-34-40(5)19-17-31(28-10-12-29(13-11-28)38(49)50)39(3,4)33(40)18-20-42(34,41)7/h10-13,17,30,32-34,37H,1,14-16,18-26H2,2-9H3,(H,47,48)(H,49,50)/t30-,32+,33-,34+,37+,40-,41+,42+,43-/m0/s1. The Morgan fingerprint density at radius 2 is 1.52 bits per heavy atom. The van der Waals surface area contributed by atoms with Crippen LogP contribution in [0.25, 0.3) is 5.57 Å². The molecule has 2 N–H and O–H groups in total. The maximum absolute atomic E-state index is 13.9. The summed E-state index contributed by atoms with van der Waals surface area (Å²) in [5.74, 6) is -0.0303. The second-order valence-corrected chi connectivity index (χ2v) is 18.6. The van der Waals surface area contributed by atoms with Gasteiger partial charge in [0.25, 0.3) is 0 Å². The van der Waals surface area contributed by atoms with Gasteiger partial charge in [0.2, 0.25) is 5.91 Å². The molecule has 5 aliphatic rings. The Labute approximate surface area is 300 Å². The van der Waals surface area contributed by atoms with Crippen molar-refractivity contribution < 1.29 is 24.6 Å². The molecule has 0 saturated heterocycles. The number of nitrogens with zero attached hydrogens (tertiary/aromatic N) is 2. The van der Waals surface area contributed by atoms with Gasteiger partial charge in [-0.3, -0.25) is 9.59 Å². The molecule has 0 spiro atoms. The third-order valence-electron chi connectivity index (χ3n) is 16.0. The molecule has 0 aromatic heterocycles. The van der Waals surface area contributed by atoms with Gasteiger partial charge in [0.1, 0.15) is 6.42 Å². The number of allylic oxidation sites excluding steroid dienone is 3. The fourth-order valence-corrected chi connectivity index (χ4v) is 13.6. The van der Waals surface area contributed by atoms with Gasteiger partial charge in [0.05, 0.1) is 5.56 Å². The van der Waals surface area contributed by atoms with E-state index in [0.717, 1.165) is 50.5 Å². The molecule has 0 radical (unpaired) electrons. The average Bonchev–Trinajstić information content (AvgIpc) is 3.41. The Morgan fingerprint density at radius 1 is 0.840 bits per heavy atom. The molecular formula is C43H62N2O5. The number of amides is 1. The molecule has 1 aromatic rings. The van der Waals surface area contributed by atoms with Gasteiger partial charge in [-0.2, -0.15) is 0 Å². The maximum Gasteiger partial charge on any atom is 0.335 e. The highest BCUT2D eigenvalue weighted by atomic mass is 16.4. The number of hydrogen-bond acceptors (Lipinski definition) is 4.